The van der Waals surface area contributed by atoms with E-state index in [2.05, 4.69) is 10.3 Å². The monoisotopic (exact) mass is 310 g/mol. The minimum Gasteiger partial charge on any atom is -0.439 e. The highest BCUT2D eigenvalue weighted by Crippen LogP contribution is 2.28. The molecule has 0 saturated heterocycles. The van der Waals surface area contributed by atoms with E-state index in [1.807, 2.05) is 32.0 Å². The standard InChI is InChI=1S/C15H16Cl2N2O/c1-3-18-8-11-6-15(19-9-13(11)17)20-14-7-12(16)5-4-10(14)2/h4-7,9,18H,3,8H2,1-2H3. The first-order valence-electron chi connectivity index (χ1n) is 6.39. The second kappa shape index (κ2) is 6.93. The third kappa shape index (κ3) is 3.85. The van der Waals surface area contributed by atoms with Crippen molar-refractivity contribution in [2.45, 2.75) is 20.4 Å². The number of aryl methyl sites for hydroxylation is 1. The SMILES string of the molecule is CCNCc1cc(Oc2cc(Cl)ccc2C)ncc1Cl. The molecule has 0 radical (unpaired) electrons. The van der Waals surface area contributed by atoms with E-state index in [0.717, 1.165) is 17.7 Å². The summed E-state index contributed by atoms with van der Waals surface area (Å²) in [6.07, 6.45) is 1.60. The minimum absolute atomic E-state index is 0.507. The molecule has 0 saturated carbocycles. The van der Waals surface area contributed by atoms with Gasteiger partial charge in [-0.25, -0.2) is 4.98 Å². The summed E-state index contributed by atoms with van der Waals surface area (Å²) in [5.74, 6) is 1.20. The van der Waals surface area contributed by atoms with Gasteiger partial charge in [-0.1, -0.05) is 36.2 Å². The molecule has 2 rings (SSSR count). The summed E-state index contributed by atoms with van der Waals surface area (Å²) in [7, 11) is 0. The highest BCUT2D eigenvalue weighted by atomic mass is 35.5. The summed E-state index contributed by atoms with van der Waals surface area (Å²) in [5.41, 5.74) is 1.96. The molecule has 1 heterocycles. The largest absolute Gasteiger partial charge is 0.439 e. The van der Waals surface area contributed by atoms with E-state index < -0.39 is 0 Å². The number of pyridine rings is 1. The first kappa shape index (κ1) is 15.1. The second-order valence-electron chi connectivity index (χ2n) is 4.41. The van der Waals surface area contributed by atoms with Crippen LogP contribution in [0.15, 0.2) is 30.5 Å². The van der Waals surface area contributed by atoms with Gasteiger partial charge in [-0.15, -0.1) is 0 Å². The topological polar surface area (TPSA) is 34.1 Å². The van der Waals surface area contributed by atoms with Crippen molar-refractivity contribution in [3.8, 4) is 11.6 Å². The summed E-state index contributed by atoms with van der Waals surface area (Å²) in [4.78, 5) is 4.19. The van der Waals surface area contributed by atoms with Crippen LogP contribution < -0.4 is 10.1 Å². The predicted octanol–water partition coefficient (Wildman–Crippen LogP) is 4.60. The molecular weight excluding hydrogens is 295 g/mol. The molecule has 1 N–H and O–H groups in total. The smallest absolute Gasteiger partial charge is 0.219 e. The maximum Gasteiger partial charge on any atom is 0.219 e. The molecule has 2 aromatic rings. The third-order valence-electron chi connectivity index (χ3n) is 2.84. The van der Waals surface area contributed by atoms with Gasteiger partial charge in [-0.2, -0.15) is 0 Å². The Labute approximate surface area is 128 Å². The number of nitrogens with zero attached hydrogens (tertiary/aromatic N) is 1. The number of benzene rings is 1. The fraction of sp³-hybridized carbons (Fsp3) is 0.267. The summed E-state index contributed by atoms with van der Waals surface area (Å²) < 4.78 is 5.78. The third-order valence-corrected chi connectivity index (χ3v) is 3.42. The van der Waals surface area contributed by atoms with Crippen molar-refractivity contribution >= 4 is 23.2 Å². The molecule has 0 aliphatic rings. The van der Waals surface area contributed by atoms with Gasteiger partial charge in [-0.3, -0.25) is 0 Å². The van der Waals surface area contributed by atoms with Crippen molar-refractivity contribution < 1.29 is 4.74 Å². The van der Waals surface area contributed by atoms with Crippen molar-refractivity contribution in [1.82, 2.24) is 10.3 Å². The molecule has 3 nitrogen and oxygen atoms in total. The average molecular weight is 311 g/mol. The molecule has 0 atom stereocenters. The van der Waals surface area contributed by atoms with Crippen LogP contribution in [0.3, 0.4) is 0 Å². The van der Waals surface area contributed by atoms with Crippen molar-refractivity contribution in [1.29, 1.82) is 0 Å². The highest BCUT2D eigenvalue weighted by molar-refractivity contribution is 6.31. The zero-order valence-corrected chi connectivity index (χ0v) is 12.9. The van der Waals surface area contributed by atoms with Gasteiger partial charge in [0.15, 0.2) is 0 Å². The van der Waals surface area contributed by atoms with Crippen LogP contribution in [0, 0.1) is 6.92 Å². The molecule has 0 unspecified atom stereocenters. The number of hydrogen-bond acceptors (Lipinski definition) is 3. The van der Waals surface area contributed by atoms with Crippen LogP contribution in [0.25, 0.3) is 0 Å². The number of nitrogens with one attached hydrogen (secondary N) is 1. The Kier molecular flexibility index (Phi) is 5.24. The lowest BCUT2D eigenvalue weighted by Crippen LogP contribution is -2.12. The Bertz CT molecular complexity index is 602. The van der Waals surface area contributed by atoms with Crippen molar-refractivity contribution in [3.63, 3.8) is 0 Å². The summed E-state index contributed by atoms with van der Waals surface area (Å²) in [6.45, 7) is 5.56. The molecule has 0 spiro atoms. The number of rotatable bonds is 5. The Hall–Kier alpha value is -1.29. The maximum absolute atomic E-state index is 6.11. The number of ether oxygens (including phenoxy) is 1. The average Bonchev–Trinajstić information content (AvgIpc) is 2.43. The van der Waals surface area contributed by atoms with E-state index in [4.69, 9.17) is 27.9 Å². The van der Waals surface area contributed by atoms with Gasteiger partial charge >= 0.3 is 0 Å². The van der Waals surface area contributed by atoms with Crippen LogP contribution >= 0.6 is 23.2 Å². The lowest BCUT2D eigenvalue weighted by Gasteiger charge is -2.10. The van der Waals surface area contributed by atoms with E-state index in [9.17, 15) is 0 Å². The zero-order chi connectivity index (χ0) is 14.5. The molecule has 20 heavy (non-hydrogen) atoms. The maximum atomic E-state index is 6.11. The first-order chi connectivity index (χ1) is 9.60. The van der Waals surface area contributed by atoms with Gasteiger partial charge in [0.2, 0.25) is 5.88 Å². The van der Waals surface area contributed by atoms with Gasteiger partial charge in [-0.05, 0) is 36.7 Å². The van der Waals surface area contributed by atoms with E-state index >= 15 is 0 Å². The molecule has 106 valence electrons. The highest BCUT2D eigenvalue weighted by Gasteiger charge is 2.07. The lowest BCUT2D eigenvalue weighted by molar-refractivity contribution is 0.458. The molecule has 5 heteroatoms. The normalized spacial score (nSPS) is 10.6. The molecule has 1 aromatic carbocycles. The Morgan fingerprint density at radius 2 is 2.05 bits per heavy atom. The Morgan fingerprint density at radius 3 is 2.80 bits per heavy atom. The second-order valence-corrected chi connectivity index (χ2v) is 5.25. The fourth-order valence-electron chi connectivity index (χ4n) is 1.71. The van der Waals surface area contributed by atoms with Crippen molar-refractivity contribution in [3.05, 3.63) is 51.6 Å². The van der Waals surface area contributed by atoms with Crippen LogP contribution in [-0.2, 0) is 6.54 Å². The molecule has 1 aromatic heterocycles. The Morgan fingerprint density at radius 1 is 1.25 bits per heavy atom. The first-order valence-corrected chi connectivity index (χ1v) is 7.15. The lowest BCUT2D eigenvalue weighted by atomic mass is 10.2. The molecule has 0 amide bonds. The van der Waals surface area contributed by atoms with Gasteiger partial charge in [0.1, 0.15) is 5.75 Å². The van der Waals surface area contributed by atoms with E-state index in [1.165, 1.54) is 0 Å². The molecular formula is C15H16Cl2N2O. The van der Waals surface area contributed by atoms with E-state index in [1.54, 1.807) is 12.3 Å². The quantitative estimate of drug-likeness (QED) is 0.876. The number of hydrogen-bond donors (Lipinski definition) is 1. The van der Waals surface area contributed by atoms with E-state index in [0.29, 0.717) is 28.2 Å². The van der Waals surface area contributed by atoms with Gasteiger partial charge in [0.05, 0.1) is 5.02 Å². The van der Waals surface area contributed by atoms with Crippen LogP contribution in [0.1, 0.15) is 18.1 Å². The van der Waals surface area contributed by atoms with Crippen LogP contribution in [0.2, 0.25) is 10.0 Å². The minimum atomic E-state index is 0.507. The summed E-state index contributed by atoms with van der Waals surface area (Å²) in [5, 5.41) is 4.49. The van der Waals surface area contributed by atoms with Crippen molar-refractivity contribution in [2.75, 3.05) is 6.54 Å². The number of aromatic nitrogens is 1. The molecule has 0 aliphatic heterocycles. The van der Waals surface area contributed by atoms with Crippen molar-refractivity contribution in [2.24, 2.45) is 0 Å². The summed E-state index contributed by atoms with van der Waals surface area (Å²) in [6, 6.07) is 7.35. The van der Waals surface area contributed by atoms with E-state index in [-0.39, 0.29) is 0 Å². The Balaban J connectivity index is 2.22. The van der Waals surface area contributed by atoms with Crippen LogP contribution in [0.4, 0.5) is 0 Å². The van der Waals surface area contributed by atoms with Crippen LogP contribution in [-0.4, -0.2) is 11.5 Å². The summed E-state index contributed by atoms with van der Waals surface area (Å²) >= 11 is 12.1. The van der Waals surface area contributed by atoms with Gasteiger partial charge < -0.3 is 10.1 Å². The zero-order valence-electron chi connectivity index (χ0n) is 11.4. The predicted molar refractivity (Wildman–Crippen MR) is 82.9 cm³/mol. The molecule has 0 fully saturated rings. The molecule has 0 aliphatic carbocycles. The fourth-order valence-corrected chi connectivity index (χ4v) is 2.04. The van der Waals surface area contributed by atoms with Crippen LogP contribution in [0.5, 0.6) is 11.6 Å². The molecule has 0 bridgehead atoms. The van der Waals surface area contributed by atoms with Gasteiger partial charge in [0, 0.05) is 23.8 Å². The number of halogens is 2. The van der Waals surface area contributed by atoms with Gasteiger partial charge in [0.25, 0.3) is 0 Å².